The van der Waals surface area contributed by atoms with E-state index in [0.717, 1.165) is 25.7 Å². The third-order valence-corrected chi connectivity index (χ3v) is 4.74. The molecule has 5 heteroatoms. The van der Waals surface area contributed by atoms with E-state index in [-0.39, 0.29) is 11.9 Å². The van der Waals surface area contributed by atoms with Gasteiger partial charge in [-0.3, -0.25) is 9.59 Å². The quantitative estimate of drug-likeness (QED) is 0.781. The number of rotatable bonds is 3. The lowest BCUT2D eigenvalue weighted by Gasteiger charge is -2.34. The number of carbonyl (C=O) groups is 2. The van der Waals surface area contributed by atoms with Gasteiger partial charge in [0.25, 0.3) is 0 Å². The summed E-state index contributed by atoms with van der Waals surface area (Å²) in [7, 11) is 0. The van der Waals surface area contributed by atoms with Crippen molar-refractivity contribution in [2.45, 2.75) is 45.1 Å². The maximum atomic E-state index is 12.6. The van der Waals surface area contributed by atoms with Crippen LogP contribution in [0.1, 0.15) is 39.0 Å². The molecule has 2 unspecified atom stereocenters. The van der Waals surface area contributed by atoms with Crippen LogP contribution in [0.3, 0.4) is 0 Å². The molecule has 0 bridgehead atoms. The van der Waals surface area contributed by atoms with E-state index >= 15 is 0 Å². The predicted molar refractivity (Wildman–Crippen MR) is 66.9 cm³/mol. The van der Waals surface area contributed by atoms with Gasteiger partial charge in [0.05, 0.1) is 11.3 Å². The van der Waals surface area contributed by atoms with Gasteiger partial charge in [-0.25, -0.2) is 0 Å². The van der Waals surface area contributed by atoms with E-state index in [1.54, 1.807) is 4.90 Å². The molecule has 1 aliphatic carbocycles. The first-order valence-corrected chi connectivity index (χ1v) is 6.76. The minimum Gasteiger partial charge on any atom is -0.481 e. The molecule has 1 aliphatic heterocycles. The van der Waals surface area contributed by atoms with E-state index in [4.69, 9.17) is 10.8 Å². The minimum absolute atomic E-state index is 0.0822. The Morgan fingerprint density at radius 2 is 2.00 bits per heavy atom. The first kappa shape index (κ1) is 13.3. The molecule has 1 heterocycles. The number of nitrogens with zero attached hydrogens (tertiary/aromatic N) is 1. The summed E-state index contributed by atoms with van der Waals surface area (Å²) in [6, 6.07) is -0.209. The lowest BCUT2D eigenvalue weighted by Crippen LogP contribution is -2.49. The van der Waals surface area contributed by atoms with E-state index in [9.17, 15) is 9.59 Å². The standard InChI is InChI=1S/C13H22N2O3/c1-9-10(11(16)17)4-7-15(9)12(18)13(8-14)5-2-3-6-13/h9-10H,2-8,14H2,1H3,(H,16,17). The van der Waals surface area contributed by atoms with Gasteiger partial charge in [-0.2, -0.15) is 0 Å². The Morgan fingerprint density at radius 1 is 1.39 bits per heavy atom. The summed E-state index contributed by atoms with van der Waals surface area (Å²) < 4.78 is 0. The maximum Gasteiger partial charge on any atom is 0.308 e. The summed E-state index contributed by atoms with van der Waals surface area (Å²) >= 11 is 0. The molecule has 0 spiro atoms. The van der Waals surface area contributed by atoms with Crippen LogP contribution in [0.25, 0.3) is 0 Å². The number of hydrogen-bond acceptors (Lipinski definition) is 3. The number of carboxylic acids is 1. The van der Waals surface area contributed by atoms with Crippen molar-refractivity contribution < 1.29 is 14.7 Å². The zero-order chi connectivity index (χ0) is 13.3. The predicted octanol–water partition coefficient (Wildman–Crippen LogP) is 0.827. The summed E-state index contributed by atoms with van der Waals surface area (Å²) in [4.78, 5) is 25.5. The summed E-state index contributed by atoms with van der Waals surface area (Å²) in [6.45, 7) is 2.77. The Labute approximate surface area is 107 Å². The van der Waals surface area contributed by atoms with Gasteiger partial charge in [0.15, 0.2) is 0 Å². The molecule has 1 saturated carbocycles. The van der Waals surface area contributed by atoms with Gasteiger partial charge in [0.2, 0.25) is 5.91 Å². The van der Waals surface area contributed by atoms with Crippen molar-refractivity contribution in [3.63, 3.8) is 0 Å². The number of amides is 1. The summed E-state index contributed by atoms with van der Waals surface area (Å²) in [6.07, 6.45) is 4.36. The average molecular weight is 254 g/mol. The molecular weight excluding hydrogens is 232 g/mol. The zero-order valence-electron chi connectivity index (χ0n) is 10.9. The second-order valence-corrected chi connectivity index (χ2v) is 5.66. The van der Waals surface area contributed by atoms with Gasteiger partial charge >= 0.3 is 5.97 Å². The van der Waals surface area contributed by atoms with Crippen LogP contribution in [0.4, 0.5) is 0 Å². The molecule has 2 rings (SSSR count). The molecule has 3 N–H and O–H groups in total. The van der Waals surface area contributed by atoms with Crippen molar-refractivity contribution in [2.24, 2.45) is 17.1 Å². The van der Waals surface area contributed by atoms with Crippen LogP contribution in [-0.2, 0) is 9.59 Å². The first-order valence-electron chi connectivity index (χ1n) is 6.76. The summed E-state index contributed by atoms with van der Waals surface area (Å²) in [5.41, 5.74) is 5.40. The highest BCUT2D eigenvalue weighted by molar-refractivity contribution is 5.85. The highest BCUT2D eigenvalue weighted by atomic mass is 16.4. The third kappa shape index (κ3) is 2.00. The van der Waals surface area contributed by atoms with Gasteiger partial charge < -0.3 is 15.7 Å². The molecule has 0 radical (unpaired) electrons. The molecule has 1 saturated heterocycles. The van der Waals surface area contributed by atoms with E-state index in [1.807, 2.05) is 6.92 Å². The maximum absolute atomic E-state index is 12.6. The van der Waals surface area contributed by atoms with Gasteiger partial charge in [0.1, 0.15) is 0 Å². The number of aliphatic carboxylic acids is 1. The van der Waals surface area contributed by atoms with Gasteiger partial charge in [-0.05, 0) is 26.2 Å². The Balaban J connectivity index is 2.12. The molecule has 1 amide bonds. The van der Waals surface area contributed by atoms with Crippen molar-refractivity contribution in [1.82, 2.24) is 4.90 Å². The van der Waals surface area contributed by atoms with Crippen molar-refractivity contribution in [3.05, 3.63) is 0 Å². The van der Waals surface area contributed by atoms with Crippen LogP contribution in [0.2, 0.25) is 0 Å². The fourth-order valence-corrected chi connectivity index (χ4v) is 3.42. The number of likely N-dealkylation sites (tertiary alicyclic amines) is 1. The van der Waals surface area contributed by atoms with Gasteiger partial charge in [-0.15, -0.1) is 0 Å². The van der Waals surface area contributed by atoms with E-state index in [2.05, 4.69) is 0 Å². The van der Waals surface area contributed by atoms with E-state index in [0.29, 0.717) is 19.5 Å². The van der Waals surface area contributed by atoms with E-state index in [1.165, 1.54) is 0 Å². The molecule has 5 nitrogen and oxygen atoms in total. The Kier molecular flexibility index (Phi) is 3.61. The van der Waals surface area contributed by atoms with Gasteiger partial charge in [-0.1, -0.05) is 12.8 Å². The molecule has 0 aromatic rings. The third-order valence-electron chi connectivity index (χ3n) is 4.74. The Hall–Kier alpha value is -1.10. The molecule has 2 aliphatic rings. The fourth-order valence-electron chi connectivity index (χ4n) is 3.42. The smallest absolute Gasteiger partial charge is 0.308 e. The Bertz CT molecular complexity index is 350. The van der Waals surface area contributed by atoms with Crippen LogP contribution >= 0.6 is 0 Å². The largest absolute Gasteiger partial charge is 0.481 e. The fraction of sp³-hybridized carbons (Fsp3) is 0.846. The first-order chi connectivity index (χ1) is 8.52. The van der Waals surface area contributed by atoms with E-state index < -0.39 is 17.3 Å². The number of carbonyl (C=O) groups excluding carboxylic acids is 1. The van der Waals surface area contributed by atoms with Crippen molar-refractivity contribution in [1.29, 1.82) is 0 Å². The number of carboxylic acid groups (broad SMARTS) is 1. The molecule has 18 heavy (non-hydrogen) atoms. The second kappa shape index (κ2) is 4.88. The summed E-state index contributed by atoms with van der Waals surface area (Å²) in [5, 5.41) is 9.11. The number of nitrogens with two attached hydrogens (primary N) is 1. The van der Waals surface area contributed by atoms with Crippen LogP contribution in [0.5, 0.6) is 0 Å². The second-order valence-electron chi connectivity index (χ2n) is 5.66. The molecule has 102 valence electrons. The average Bonchev–Trinajstić information content (AvgIpc) is 2.95. The monoisotopic (exact) mass is 254 g/mol. The van der Waals surface area contributed by atoms with Crippen molar-refractivity contribution in [2.75, 3.05) is 13.1 Å². The zero-order valence-corrected chi connectivity index (χ0v) is 10.9. The highest BCUT2D eigenvalue weighted by Crippen LogP contribution is 2.40. The lowest BCUT2D eigenvalue weighted by molar-refractivity contribution is -0.145. The lowest BCUT2D eigenvalue weighted by atomic mass is 9.84. The van der Waals surface area contributed by atoms with Crippen molar-refractivity contribution >= 4 is 11.9 Å². The molecule has 0 aromatic carbocycles. The Morgan fingerprint density at radius 3 is 2.44 bits per heavy atom. The molecule has 2 fully saturated rings. The highest BCUT2D eigenvalue weighted by Gasteiger charge is 2.47. The summed E-state index contributed by atoms with van der Waals surface area (Å²) in [5.74, 6) is -1.14. The van der Waals surface area contributed by atoms with Crippen LogP contribution in [-0.4, -0.2) is 41.0 Å². The van der Waals surface area contributed by atoms with Crippen LogP contribution in [0.15, 0.2) is 0 Å². The van der Waals surface area contributed by atoms with Crippen molar-refractivity contribution in [3.8, 4) is 0 Å². The topological polar surface area (TPSA) is 83.6 Å². The molecular formula is C13H22N2O3. The normalized spacial score (nSPS) is 30.7. The number of hydrogen-bond donors (Lipinski definition) is 2. The van der Waals surface area contributed by atoms with Crippen LogP contribution in [0, 0.1) is 11.3 Å². The molecule has 2 atom stereocenters. The SMILES string of the molecule is CC1C(C(=O)O)CCN1C(=O)C1(CN)CCCC1. The van der Waals surface area contributed by atoms with Gasteiger partial charge in [0, 0.05) is 19.1 Å². The minimum atomic E-state index is -0.800. The molecule has 0 aromatic heterocycles. The van der Waals surface area contributed by atoms with Crippen LogP contribution < -0.4 is 5.73 Å².